The van der Waals surface area contributed by atoms with Crippen LogP contribution in [0.2, 0.25) is 0 Å². The third-order valence-electron chi connectivity index (χ3n) is 3.35. The Hall–Kier alpha value is -2.18. The number of aldehydes is 1. The van der Waals surface area contributed by atoms with E-state index in [0.717, 1.165) is 9.86 Å². The molecule has 0 aliphatic rings. The van der Waals surface area contributed by atoms with Crippen molar-refractivity contribution in [1.29, 1.82) is 0 Å². The molecule has 116 valence electrons. The normalized spacial score (nSPS) is 11.3. The van der Waals surface area contributed by atoms with Crippen molar-refractivity contribution in [3.05, 3.63) is 70.7 Å². The molecule has 0 unspecified atom stereocenters. The highest BCUT2D eigenvalue weighted by molar-refractivity contribution is 9.10. The standard InChI is InChI=1S/C17H11BrO4S/c18-13-6-8-14(9-7-13)23(20,21)22-17-10-5-12-3-1-2-4-15(12)16(17)11-19/h1-11H. The molecule has 0 aliphatic carbocycles. The number of carbonyl (C=O) groups excluding carboxylic acids is 1. The summed E-state index contributed by atoms with van der Waals surface area (Å²) in [5, 5.41) is 1.48. The van der Waals surface area contributed by atoms with Crippen LogP contribution in [0.3, 0.4) is 0 Å². The fourth-order valence-corrected chi connectivity index (χ4v) is 3.45. The quantitative estimate of drug-likeness (QED) is 0.495. The third kappa shape index (κ3) is 3.13. The second kappa shape index (κ2) is 6.14. The summed E-state index contributed by atoms with van der Waals surface area (Å²) in [6.07, 6.45) is 0.606. The van der Waals surface area contributed by atoms with Crippen molar-refractivity contribution in [3.8, 4) is 5.75 Å². The van der Waals surface area contributed by atoms with Crippen LogP contribution in [-0.2, 0) is 10.1 Å². The second-order valence-electron chi connectivity index (χ2n) is 4.81. The summed E-state index contributed by atoms with van der Waals surface area (Å²) in [5.41, 5.74) is 0.212. The lowest BCUT2D eigenvalue weighted by Gasteiger charge is -2.11. The number of fused-ring (bicyclic) bond motifs is 1. The summed E-state index contributed by atoms with van der Waals surface area (Å²) in [6.45, 7) is 0. The van der Waals surface area contributed by atoms with E-state index in [-0.39, 0.29) is 16.2 Å². The first-order chi connectivity index (χ1) is 11.0. The van der Waals surface area contributed by atoms with Gasteiger partial charge in [0.15, 0.2) is 12.0 Å². The summed E-state index contributed by atoms with van der Waals surface area (Å²) in [7, 11) is -4.01. The molecule has 0 N–H and O–H groups in total. The number of hydrogen-bond acceptors (Lipinski definition) is 4. The van der Waals surface area contributed by atoms with Gasteiger partial charge in [0.25, 0.3) is 0 Å². The highest BCUT2D eigenvalue weighted by Crippen LogP contribution is 2.29. The number of carbonyl (C=O) groups is 1. The van der Waals surface area contributed by atoms with Crippen molar-refractivity contribution in [3.63, 3.8) is 0 Å². The van der Waals surface area contributed by atoms with Gasteiger partial charge in [-0.25, -0.2) is 0 Å². The van der Waals surface area contributed by atoms with Crippen LogP contribution >= 0.6 is 15.9 Å². The molecule has 3 aromatic rings. The maximum atomic E-state index is 12.4. The summed E-state index contributed by atoms with van der Waals surface area (Å²) in [5.74, 6) is 0.0154. The molecule has 6 heteroatoms. The third-order valence-corrected chi connectivity index (χ3v) is 5.13. The molecular weight excluding hydrogens is 380 g/mol. The fourth-order valence-electron chi connectivity index (χ4n) is 2.24. The van der Waals surface area contributed by atoms with E-state index in [1.807, 2.05) is 12.1 Å². The zero-order valence-electron chi connectivity index (χ0n) is 11.8. The van der Waals surface area contributed by atoms with Crippen molar-refractivity contribution in [1.82, 2.24) is 0 Å². The zero-order chi connectivity index (χ0) is 16.4. The zero-order valence-corrected chi connectivity index (χ0v) is 14.2. The van der Waals surface area contributed by atoms with Gasteiger partial charge in [0.1, 0.15) is 4.90 Å². The second-order valence-corrected chi connectivity index (χ2v) is 7.27. The molecule has 0 saturated heterocycles. The van der Waals surface area contributed by atoms with Crippen molar-refractivity contribution < 1.29 is 17.4 Å². The molecule has 0 heterocycles. The van der Waals surface area contributed by atoms with Gasteiger partial charge < -0.3 is 4.18 Å². The van der Waals surface area contributed by atoms with E-state index in [0.29, 0.717) is 11.7 Å². The van der Waals surface area contributed by atoms with Crippen molar-refractivity contribution in [2.45, 2.75) is 4.90 Å². The minimum Gasteiger partial charge on any atom is -0.378 e. The Balaban J connectivity index is 2.07. The number of halogens is 1. The molecule has 0 saturated carbocycles. The molecule has 0 radical (unpaired) electrons. The highest BCUT2D eigenvalue weighted by Gasteiger charge is 2.19. The van der Waals surface area contributed by atoms with Crippen molar-refractivity contribution in [2.24, 2.45) is 0 Å². The van der Waals surface area contributed by atoms with E-state index in [1.54, 1.807) is 30.3 Å². The number of hydrogen-bond donors (Lipinski definition) is 0. The molecule has 0 amide bonds. The Morgan fingerprint density at radius 2 is 1.61 bits per heavy atom. The Labute approximate surface area is 142 Å². The molecule has 3 rings (SSSR count). The lowest BCUT2D eigenvalue weighted by molar-refractivity contribution is 0.112. The number of benzene rings is 3. The van der Waals surface area contributed by atoms with Gasteiger partial charge in [0.2, 0.25) is 0 Å². The molecule has 3 aromatic carbocycles. The summed E-state index contributed by atoms with van der Waals surface area (Å²) >= 11 is 3.25. The molecule has 4 nitrogen and oxygen atoms in total. The molecule has 23 heavy (non-hydrogen) atoms. The molecule has 0 bridgehead atoms. The summed E-state index contributed by atoms with van der Waals surface area (Å²) < 4.78 is 30.7. The smallest absolute Gasteiger partial charge is 0.339 e. The first kappa shape index (κ1) is 15.7. The summed E-state index contributed by atoms with van der Waals surface area (Å²) in [4.78, 5) is 11.4. The maximum absolute atomic E-state index is 12.4. The molecule has 0 fully saturated rings. The van der Waals surface area contributed by atoms with Crippen LogP contribution in [0, 0.1) is 0 Å². The molecular formula is C17H11BrO4S. The van der Waals surface area contributed by atoms with Gasteiger partial charge in [-0.05, 0) is 41.1 Å². The predicted octanol–water partition coefficient (Wildman–Crippen LogP) is 4.18. The largest absolute Gasteiger partial charge is 0.378 e. The van der Waals surface area contributed by atoms with Gasteiger partial charge in [-0.1, -0.05) is 46.3 Å². The molecule has 0 atom stereocenters. The van der Waals surface area contributed by atoms with E-state index >= 15 is 0 Å². The lowest BCUT2D eigenvalue weighted by atomic mass is 10.0. The lowest BCUT2D eigenvalue weighted by Crippen LogP contribution is -2.11. The average Bonchev–Trinajstić information content (AvgIpc) is 2.55. The van der Waals surface area contributed by atoms with Crippen LogP contribution in [0.25, 0.3) is 10.8 Å². The van der Waals surface area contributed by atoms with E-state index in [9.17, 15) is 13.2 Å². The van der Waals surface area contributed by atoms with Crippen LogP contribution in [0.1, 0.15) is 10.4 Å². The molecule has 0 spiro atoms. The van der Waals surface area contributed by atoms with Gasteiger partial charge in [-0.15, -0.1) is 0 Å². The molecule has 0 aliphatic heterocycles. The topological polar surface area (TPSA) is 60.4 Å². The fraction of sp³-hybridized carbons (Fsp3) is 0. The number of rotatable bonds is 4. The van der Waals surface area contributed by atoms with Crippen molar-refractivity contribution in [2.75, 3.05) is 0 Å². The first-order valence-corrected chi connectivity index (χ1v) is 8.88. The van der Waals surface area contributed by atoms with E-state index in [4.69, 9.17) is 4.18 Å². The first-order valence-electron chi connectivity index (χ1n) is 6.68. The van der Waals surface area contributed by atoms with Crippen LogP contribution in [0.4, 0.5) is 0 Å². The van der Waals surface area contributed by atoms with Crippen LogP contribution in [-0.4, -0.2) is 14.7 Å². The van der Waals surface area contributed by atoms with Gasteiger partial charge in [0, 0.05) is 4.47 Å². The molecule has 0 aromatic heterocycles. The van der Waals surface area contributed by atoms with Gasteiger partial charge in [-0.3, -0.25) is 4.79 Å². The van der Waals surface area contributed by atoms with Crippen molar-refractivity contribution >= 4 is 43.1 Å². The summed E-state index contributed by atoms with van der Waals surface area (Å²) in [6, 6.07) is 16.5. The average molecular weight is 391 g/mol. The van der Waals surface area contributed by atoms with Crippen LogP contribution in [0.15, 0.2) is 70.0 Å². The van der Waals surface area contributed by atoms with Gasteiger partial charge >= 0.3 is 10.1 Å². The highest BCUT2D eigenvalue weighted by atomic mass is 79.9. The monoisotopic (exact) mass is 390 g/mol. The predicted molar refractivity (Wildman–Crippen MR) is 91.3 cm³/mol. The van der Waals surface area contributed by atoms with Crippen LogP contribution in [0.5, 0.6) is 5.75 Å². The van der Waals surface area contributed by atoms with E-state index in [2.05, 4.69) is 15.9 Å². The van der Waals surface area contributed by atoms with E-state index < -0.39 is 10.1 Å². The Kier molecular flexibility index (Phi) is 4.19. The van der Waals surface area contributed by atoms with Gasteiger partial charge in [0.05, 0.1) is 5.56 Å². The minimum absolute atomic E-state index is 0.0154. The Morgan fingerprint density at radius 3 is 2.30 bits per heavy atom. The minimum atomic E-state index is -4.01. The van der Waals surface area contributed by atoms with Crippen LogP contribution < -0.4 is 4.18 Å². The Bertz CT molecular complexity index is 979. The van der Waals surface area contributed by atoms with E-state index in [1.165, 1.54) is 18.2 Å². The Morgan fingerprint density at radius 1 is 0.913 bits per heavy atom. The van der Waals surface area contributed by atoms with Gasteiger partial charge in [-0.2, -0.15) is 8.42 Å². The maximum Gasteiger partial charge on any atom is 0.339 e. The SMILES string of the molecule is O=Cc1c(OS(=O)(=O)c2ccc(Br)cc2)ccc2ccccc12.